The number of nitrogens with one attached hydrogen (secondary N) is 2. The Kier molecular flexibility index (Phi) is 4.06. The highest BCUT2D eigenvalue weighted by molar-refractivity contribution is 5.88. The highest BCUT2D eigenvalue weighted by atomic mass is 35.5. The molecule has 4 N–H and O–H groups in total. The van der Waals surface area contributed by atoms with Gasteiger partial charge in [0.1, 0.15) is 5.39 Å². The molecule has 20 heavy (non-hydrogen) atoms. The second-order valence-corrected chi connectivity index (χ2v) is 5.19. The van der Waals surface area contributed by atoms with E-state index in [1.807, 2.05) is 10.7 Å². The van der Waals surface area contributed by atoms with Gasteiger partial charge in [-0.3, -0.25) is 9.48 Å². The molecule has 0 saturated carbocycles. The molecule has 0 bridgehead atoms. The summed E-state index contributed by atoms with van der Waals surface area (Å²) in [5.41, 5.74) is 6.57. The molecule has 1 saturated heterocycles. The maximum absolute atomic E-state index is 11.9. The summed E-state index contributed by atoms with van der Waals surface area (Å²) in [5, 5.41) is 8.34. The minimum absolute atomic E-state index is 0. The van der Waals surface area contributed by atoms with Gasteiger partial charge in [0.15, 0.2) is 5.82 Å². The lowest BCUT2D eigenvalue weighted by Crippen LogP contribution is -2.44. The number of fused-ring (bicyclic) bond motifs is 1. The minimum Gasteiger partial charge on any atom is -0.382 e. The number of piperidine rings is 1. The van der Waals surface area contributed by atoms with E-state index in [4.69, 9.17) is 5.73 Å². The fourth-order valence-corrected chi connectivity index (χ4v) is 3.07. The quantitative estimate of drug-likeness (QED) is 0.777. The number of nitrogen functional groups attached to an aromatic ring is 1. The summed E-state index contributed by atoms with van der Waals surface area (Å²) < 4.78 is 1.98. The van der Waals surface area contributed by atoms with Crippen molar-refractivity contribution in [2.45, 2.75) is 31.7 Å². The van der Waals surface area contributed by atoms with Crippen LogP contribution in [0.4, 0.5) is 5.82 Å². The van der Waals surface area contributed by atoms with Crippen LogP contribution in [0, 0.1) is 0 Å². The molecular formula is C13H20ClN5O. The minimum atomic E-state index is -0.165. The highest BCUT2D eigenvalue weighted by Gasteiger charge is 2.34. The van der Waals surface area contributed by atoms with Crippen molar-refractivity contribution in [3.63, 3.8) is 0 Å². The standard InChI is InChI=1S/C13H19N5O.ClH/c1-2-13(4-7-15-8-5-13)18-9-3-6-16-12(19)10(9)11(14)17-18;/h3,6,15H,2,4-5,7-8H2,1H3,(H2,14,17)(H,16,19);1H. The van der Waals surface area contributed by atoms with Crippen molar-refractivity contribution >= 4 is 29.1 Å². The molecule has 1 aliphatic rings. The number of halogens is 1. The van der Waals surface area contributed by atoms with E-state index < -0.39 is 0 Å². The maximum atomic E-state index is 11.9. The van der Waals surface area contributed by atoms with Crippen LogP contribution in [0.3, 0.4) is 0 Å². The number of rotatable bonds is 2. The zero-order valence-corrected chi connectivity index (χ0v) is 12.3. The molecule has 3 rings (SSSR count). The summed E-state index contributed by atoms with van der Waals surface area (Å²) in [7, 11) is 0. The number of nitrogens with two attached hydrogens (primary N) is 1. The molecule has 0 spiro atoms. The molecule has 1 aliphatic heterocycles. The van der Waals surface area contributed by atoms with E-state index in [1.54, 1.807) is 6.20 Å². The van der Waals surface area contributed by atoms with E-state index in [-0.39, 0.29) is 23.5 Å². The number of hydrogen-bond donors (Lipinski definition) is 3. The molecule has 0 aliphatic carbocycles. The Bertz CT molecular complexity index is 656. The van der Waals surface area contributed by atoms with Gasteiger partial charge in [0.05, 0.1) is 11.1 Å². The van der Waals surface area contributed by atoms with Gasteiger partial charge in [-0.1, -0.05) is 6.92 Å². The lowest BCUT2D eigenvalue weighted by molar-refractivity contribution is 0.184. The third-order valence-electron chi connectivity index (χ3n) is 4.27. The lowest BCUT2D eigenvalue weighted by atomic mass is 9.86. The Labute approximate surface area is 123 Å². The van der Waals surface area contributed by atoms with Crippen LogP contribution in [0.1, 0.15) is 26.2 Å². The Morgan fingerprint density at radius 3 is 2.80 bits per heavy atom. The fraction of sp³-hybridized carbons (Fsp3) is 0.538. The van der Waals surface area contributed by atoms with Crippen molar-refractivity contribution in [1.82, 2.24) is 20.1 Å². The molecule has 7 heteroatoms. The lowest BCUT2D eigenvalue weighted by Gasteiger charge is -2.37. The molecule has 0 atom stereocenters. The fourth-order valence-electron chi connectivity index (χ4n) is 3.07. The number of aromatic amines is 1. The van der Waals surface area contributed by atoms with Gasteiger partial charge >= 0.3 is 0 Å². The molecule has 2 aromatic rings. The van der Waals surface area contributed by atoms with Crippen LogP contribution in [0.25, 0.3) is 10.9 Å². The van der Waals surface area contributed by atoms with Crippen LogP contribution >= 0.6 is 12.4 Å². The smallest absolute Gasteiger partial charge is 0.261 e. The summed E-state index contributed by atoms with van der Waals surface area (Å²) in [6.45, 7) is 4.11. The van der Waals surface area contributed by atoms with Crippen LogP contribution in [0.2, 0.25) is 0 Å². The second-order valence-electron chi connectivity index (χ2n) is 5.19. The first-order valence-electron chi connectivity index (χ1n) is 6.75. The number of aromatic nitrogens is 3. The maximum Gasteiger partial charge on any atom is 0.261 e. The summed E-state index contributed by atoms with van der Waals surface area (Å²) in [6.07, 6.45) is 4.66. The third kappa shape index (κ3) is 2.09. The molecule has 2 aromatic heterocycles. The number of pyridine rings is 1. The molecule has 0 radical (unpaired) electrons. The van der Waals surface area contributed by atoms with Gasteiger partial charge < -0.3 is 16.0 Å². The van der Waals surface area contributed by atoms with Crippen molar-refractivity contribution in [2.75, 3.05) is 18.8 Å². The predicted octanol–water partition coefficient (Wildman–Crippen LogP) is 1.22. The first-order valence-corrected chi connectivity index (χ1v) is 6.75. The predicted molar refractivity (Wildman–Crippen MR) is 82.4 cm³/mol. The molecule has 0 amide bonds. The van der Waals surface area contributed by atoms with Gasteiger partial charge in [-0.25, -0.2) is 0 Å². The summed E-state index contributed by atoms with van der Waals surface area (Å²) in [6, 6.07) is 1.89. The highest BCUT2D eigenvalue weighted by Crippen LogP contribution is 2.34. The van der Waals surface area contributed by atoms with E-state index >= 15 is 0 Å². The molecule has 110 valence electrons. The first-order chi connectivity index (χ1) is 9.18. The van der Waals surface area contributed by atoms with E-state index in [0.717, 1.165) is 37.9 Å². The molecular weight excluding hydrogens is 278 g/mol. The van der Waals surface area contributed by atoms with E-state index in [0.29, 0.717) is 11.2 Å². The van der Waals surface area contributed by atoms with Crippen molar-refractivity contribution < 1.29 is 0 Å². The SMILES string of the molecule is CCC1(n2nc(N)c3c(=O)[nH]ccc32)CCNCC1.Cl. The van der Waals surface area contributed by atoms with E-state index in [9.17, 15) is 4.79 Å². The van der Waals surface area contributed by atoms with Gasteiger partial charge in [0.25, 0.3) is 5.56 Å². The van der Waals surface area contributed by atoms with Gasteiger partial charge in [0, 0.05) is 6.20 Å². The molecule has 3 heterocycles. The van der Waals surface area contributed by atoms with Crippen LogP contribution in [-0.4, -0.2) is 27.9 Å². The average Bonchev–Trinajstić information content (AvgIpc) is 2.79. The topological polar surface area (TPSA) is 88.7 Å². The largest absolute Gasteiger partial charge is 0.382 e. The molecule has 1 fully saturated rings. The van der Waals surface area contributed by atoms with Gasteiger partial charge in [-0.15, -0.1) is 12.4 Å². The van der Waals surface area contributed by atoms with Crippen LogP contribution in [-0.2, 0) is 5.54 Å². The average molecular weight is 298 g/mol. The number of hydrogen-bond acceptors (Lipinski definition) is 4. The zero-order valence-electron chi connectivity index (χ0n) is 11.5. The molecule has 0 aromatic carbocycles. The van der Waals surface area contributed by atoms with Crippen molar-refractivity contribution in [1.29, 1.82) is 0 Å². The van der Waals surface area contributed by atoms with Crippen LogP contribution in [0.15, 0.2) is 17.1 Å². The first kappa shape index (κ1) is 14.9. The third-order valence-corrected chi connectivity index (χ3v) is 4.27. The second kappa shape index (κ2) is 5.46. The number of H-pyrrole nitrogens is 1. The summed E-state index contributed by atoms with van der Waals surface area (Å²) in [5.74, 6) is 0.322. The monoisotopic (exact) mass is 297 g/mol. The Hall–Kier alpha value is -1.53. The summed E-state index contributed by atoms with van der Waals surface area (Å²) >= 11 is 0. The molecule has 6 nitrogen and oxygen atoms in total. The number of nitrogens with zero attached hydrogens (tertiary/aromatic N) is 2. The summed E-state index contributed by atoms with van der Waals surface area (Å²) in [4.78, 5) is 14.5. The van der Waals surface area contributed by atoms with E-state index in [1.165, 1.54) is 0 Å². The number of anilines is 1. The Morgan fingerprint density at radius 2 is 2.15 bits per heavy atom. The van der Waals surface area contributed by atoms with Crippen molar-refractivity contribution in [2.24, 2.45) is 0 Å². The normalized spacial score (nSPS) is 17.9. The molecule has 0 unspecified atom stereocenters. The van der Waals surface area contributed by atoms with Crippen molar-refractivity contribution in [3.8, 4) is 0 Å². The Morgan fingerprint density at radius 1 is 1.45 bits per heavy atom. The zero-order chi connectivity index (χ0) is 13.5. The van der Waals surface area contributed by atoms with Crippen LogP contribution < -0.4 is 16.6 Å². The van der Waals surface area contributed by atoms with E-state index in [2.05, 4.69) is 22.3 Å². The van der Waals surface area contributed by atoms with Crippen LogP contribution in [0.5, 0.6) is 0 Å². The van der Waals surface area contributed by atoms with Gasteiger partial charge in [0.2, 0.25) is 0 Å². The van der Waals surface area contributed by atoms with Crippen molar-refractivity contribution in [3.05, 3.63) is 22.6 Å². The Balaban J connectivity index is 0.00000147. The van der Waals surface area contributed by atoms with Gasteiger partial charge in [-0.05, 0) is 38.4 Å². The van der Waals surface area contributed by atoms with Gasteiger partial charge in [-0.2, -0.15) is 5.10 Å².